The van der Waals surface area contributed by atoms with E-state index in [2.05, 4.69) is 13.8 Å². The fourth-order valence-corrected chi connectivity index (χ4v) is 3.49. The van der Waals surface area contributed by atoms with Gasteiger partial charge in [0.2, 0.25) is 0 Å². The van der Waals surface area contributed by atoms with Crippen molar-refractivity contribution in [2.45, 2.75) is 142 Å². The zero-order chi connectivity index (χ0) is 22.5. The second-order valence-corrected chi connectivity index (χ2v) is 8.53. The van der Waals surface area contributed by atoms with E-state index >= 15 is 0 Å². The van der Waals surface area contributed by atoms with Crippen molar-refractivity contribution >= 4 is 5.97 Å². The molecule has 0 aromatic carbocycles. The second-order valence-electron chi connectivity index (χ2n) is 8.53. The van der Waals surface area contributed by atoms with E-state index in [0.29, 0.717) is 0 Å². The van der Waals surface area contributed by atoms with Gasteiger partial charge in [0.1, 0.15) is 6.61 Å². The Hall–Kier alpha value is -0.610. The number of aliphatic hydroxyl groups excluding tert-OH is 1. The number of carboxylic acids is 1. The minimum atomic E-state index is -1.19. The molecule has 0 aliphatic carbocycles. The SMILES string of the molecule is CCCCCCCCCCCCOCCCCCCCCCCCC.O=C(O)CO. The summed E-state index contributed by atoms with van der Waals surface area (Å²) < 4.78 is 5.78. The highest BCUT2D eigenvalue weighted by molar-refractivity contribution is 5.67. The first-order valence-corrected chi connectivity index (χ1v) is 13.1. The third kappa shape index (κ3) is 34.9. The highest BCUT2D eigenvalue weighted by atomic mass is 16.5. The quantitative estimate of drug-likeness (QED) is 0.162. The molecule has 182 valence electrons. The van der Waals surface area contributed by atoms with Crippen LogP contribution in [0.2, 0.25) is 0 Å². The number of aliphatic carboxylic acids is 1. The molecule has 0 spiro atoms. The van der Waals surface area contributed by atoms with Crippen molar-refractivity contribution in [1.82, 2.24) is 0 Å². The van der Waals surface area contributed by atoms with Crippen LogP contribution in [0.3, 0.4) is 0 Å². The van der Waals surface area contributed by atoms with Gasteiger partial charge in [-0.15, -0.1) is 0 Å². The first-order valence-electron chi connectivity index (χ1n) is 13.1. The van der Waals surface area contributed by atoms with E-state index in [1.54, 1.807) is 0 Å². The van der Waals surface area contributed by atoms with Gasteiger partial charge in [-0.1, -0.05) is 129 Å². The Morgan fingerprint density at radius 3 is 1.00 bits per heavy atom. The van der Waals surface area contributed by atoms with E-state index in [1.807, 2.05) is 0 Å². The van der Waals surface area contributed by atoms with Gasteiger partial charge in [0.15, 0.2) is 0 Å². The second kappa shape index (κ2) is 30.6. The molecule has 0 atom stereocenters. The van der Waals surface area contributed by atoms with Crippen molar-refractivity contribution in [2.24, 2.45) is 0 Å². The summed E-state index contributed by atoms with van der Waals surface area (Å²) in [5.74, 6) is -1.19. The minimum Gasteiger partial charge on any atom is -0.480 e. The summed E-state index contributed by atoms with van der Waals surface area (Å²) in [6.07, 6.45) is 28.2. The maximum absolute atomic E-state index is 9.12. The summed E-state index contributed by atoms with van der Waals surface area (Å²) in [6, 6.07) is 0. The first kappa shape index (κ1) is 31.6. The molecule has 0 rings (SSSR count). The summed E-state index contributed by atoms with van der Waals surface area (Å²) in [7, 11) is 0. The Labute approximate surface area is 188 Å². The molecule has 30 heavy (non-hydrogen) atoms. The molecule has 2 N–H and O–H groups in total. The summed E-state index contributed by atoms with van der Waals surface area (Å²) in [6.45, 7) is 5.79. The highest BCUT2D eigenvalue weighted by Gasteiger charge is 1.95. The standard InChI is InChI=1S/C24H50O.C2H4O3/c1-3-5-7-9-11-13-15-17-19-21-23-25-24-22-20-18-16-14-12-10-8-6-4-2;3-1-2(4)5/h3-24H2,1-2H3;3H,1H2,(H,4,5). The zero-order valence-electron chi connectivity index (χ0n) is 20.5. The predicted octanol–water partition coefficient (Wildman–Crippen LogP) is 7.91. The van der Waals surface area contributed by atoms with E-state index in [4.69, 9.17) is 19.7 Å². The molecule has 4 heteroatoms. The van der Waals surface area contributed by atoms with Gasteiger partial charge in [-0.2, -0.15) is 0 Å². The molecular formula is C26H54O4. The summed E-state index contributed by atoms with van der Waals surface area (Å²) in [5, 5.41) is 15.0. The van der Waals surface area contributed by atoms with Gasteiger partial charge in [-0.05, 0) is 12.8 Å². The predicted molar refractivity (Wildman–Crippen MR) is 129 cm³/mol. The minimum absolute atomic E-state index is 0.778. The number of rotatable bonds is 23. The molecule has 0 aliphatic heterocycles. The lowest BCUT2D eigenvalue weighted by atomic mass is 10.1. The van der Waals surface area contributed by atoms with Crippen LogP contribution < -0.4 is 0 Å². The van der Waals surface area contributed by atoms with Crippen molar-refractivity contribution in [3.63, 3.8) is 0 Å². The molecule has 0 saturated carbocycles. The smallest absolute Gasteiger partial charge is 0.329 e. The van der Waals surface area contributed by atoms with E-state index in [0.717, 1.165) is 13.2 Å². The fraction of sp³-hybridized carbons (Fsp3) is 0.962. The van der Waals surface area contributed by atoms with Crippen LogP contribution in [-0.4, -0.2) is 36.0 Å². The summed E-state index contributed by atoms with van der Waals surface area (Å²) in [5.41, 5.74) is 0. The van der Waals surface area contributed by atoms with Crippen LogP contribution in [0, 0.1) is 0 Å². The molecule has 0 aromatic rings. The normalized spacial score (nSPS) is 10.6. The molecule has 0 saturated heterocycles. The first-order chi connectivity index (χ1) is 14.7. The summed E-state index contributed by atoms with van der Waals surface area (Å²) >= 11 is 0. The van der Waals surface area contributed by atoms with Gasteiger partial charge in [-0.3, -0.25) is 0 Å². The van der Waals surface area contributed by atoms with Gasteiger partial charge in [0, 0.05) is 13.2 Å². The average Bonchev–Trinajstić information content (AvgIpc) is 2.75. The Bertz CT molecular complexity index is 285. The molecule has 0 heterocycles. The lowest BCUT2D eigenvalue weighted by molar-refractivity contribution is -0.140. The van der Waals surface area contributed by atoms with Crippen molar-refractivity contribution in [3.05, 3.63) is 0 Å². The molecule has 0 unspecified atom stereocenters. The number of hydrogen-bond acceptors (Lipinski definition) is 3. The van der Waals surface area contributed by atoms with Crippen LogP contribution in [0.4, 0.5) is 0 Å². The number of carboxylic acid groups (broad SMARTS) is 1. The highest BCUT2D eigenvalue weighted by Crippen LogP contribution is 2.12. The van der Waals surface area contributed by atoms with Gasteiger partial charge in [0.05, 0.1) is 0 Å². The third-order valence-corrected chi connectivity index (χ3v) is 5.42. The average molecular weight is 431 g/mol. The number of aliphatic hydroxyl groups is 1. The van der Waals surface area contributed by atoms with Crippen LogP contribution >= 0.6 is 0 Å². The Balaban J connectivity index is 0. The molecule has 0 amide bonds. The van der Waals surface area contributed by atoms with Gasteiger partial charge in [0.25, 0.3) is 0 Å². The maximum atomic E-state index is 9.12. The van der Waals surface area contributed by atoms with Gasteiger partial charge in [-0.25, -0.2) is 4.79 Å². The molecule has 4 nitrogen and oxygen atoms in total. The Morgan fingerprint density at radius 2 is 0.767 bits per heavy atom. The van der Waals surface area contributed by atoms with E-state index in [1.165, 1.54) is 128 Å². The van der Waals surface area contributed by atoms with Crippen molar-refractivity contribution in [2.75, 3.05) is 19.8 Å². The van der Waals surface area contributed by atoms with Crippen LogP contribution in [-0.2, 0) is 9.53 Å². The van der Waals surface area contributed by atoms with Crippen LogP contribution in [0.1, 0.15) is 142 Å². The molecule has 0 bridgehead atoms. The lowest BCUT2D eigenvalue weighted by Gasteiger charge is -2.05. The monoisotopic (exact) mass is 430 g/mol. The molecule has 0 fully saturated rings. The topological polar surface area (TPSA) is 66.8 Å². The number of carbonyl (C=O) groups is 1. The largest absolute Gasteiger partial charge is 0.480 e. The zero-order valence-corrected chi connectivity index (χ0v) is 20.5. The molecular weight excluding hydrogens is 376 g/mol. The van der Waals surface area contributed by atoms with Crippen LogP contribution in [0.15, 0.2) is 0 Å². The van der Waals surface area contributed by atoms with Gasteiger partial charge < -0.3 is 14.9 Å². The fourth-order valence-electron chi connectivity index (χ4n) is 3.49. The number of ether oxygens (including phenoxy) is 1. The number of unbranched alkanes of at least 4 members (excludes halogenated alkanes) is 18. The molecule has 0 radical (unpaired) electrons. The lowest BCUT2D eigenvalue weighted by Crippen LogP contribution is -1.98. The maximum Gasteiger partial charge on any atom is 0.329 e. The van der Waals surface area contributed by atoms with E-state index < -0.39 is 12.6 Å². The summed E-state index contributed by atoms with van der Waals surface area (Å²) in [4.78, 5) is 9.12. The molecule has 0 aliphatic rings. The Kier molecular flexibility index (Phi) is 32.2. The van der Waals surface area contributed by atoms with Crippen molar-refractivity contribution in [3.8, 4) is 0 Å². The Morgan fingerprint density at radius 1 is 0.533 bits per heavy atom. The number of hydrogen-bond donors (Lipinski definition) is 2. The van der Waals surface area contributed by atoms with Crippen molar-refractivity contribution < 1.29 is 19.7 Å². The van der Waals surface area contributed by atoms with Gasteiger partial charge >= 0.3 is 5.97 Å². The van der Waals surface area contributed by atoms with Crippen molar-refractivity contribution in [1.29, 1.82) is 0 Å². The van der Waals surface area contributed by atoms with E-state index in [-0.39, 0.29) is 0 Å². The molecule has 0 aromatic heterocycles. The van der Waals surface area contributed by atoms with Crippen LogP contribution in [0.5, 0.6) is 0 Å². The van der Waals surface area contributed by atoms with E-state index in [9.17, 15) is 0 Å². The van der Waals surface area contributed by atoms with Crippen LogP contribution in [0.25, 0.3) is 0 Å². The third-order valence-electron chi connectivity index (χ3n) is 5.42.